The molecule has 10 rings (SSSR count). The summed E-state index contributed by atoms with van der Waals surface area (Å²) in [5, 5.41) is 0. The van der Waals surface area contributed by atoms with Gasteiger partial charge in [0.05, 0.1) is 22.7 Å². The van der Waals surface area contributed by atoms with E-state index in [4.69, 9.17) is 9.47 Å². The van der Waals surface area contributed by atoms with E-state index in [2.05, 4.69) is 166 Å². The third-order valence-corrected chi connectivity index (χ3v) is 11.6. The van der Waals surface area contributed by atoms with Crippen LogP contribution in [0.15, 0.2) is 121 Å². The monoisotopic (exact) mass is 650 g/mol. The number of nitrogens with zero attached hydrogens (tertiary/aromatic N) is 2. The van der Waals surface area contributed by atoms with Gasteiger partial charge in [0.15, 0.2) is 0 Å². The first kappa shape index (κ1) is 29.5. The lowest BCUT2D eigenvalue weighted by Crippen LogP contribution is -2.58. The number of anilines is 6. The molecule has 244 valence electrons. The zero-order valence-electron chi connectivity index (χ0n) is 29.2. The highest BCUT2D eigenvalue weighted by Crippen LogP contribution is 2.55. The molecule has 0 fully saturated rings. The van der Waals surface area contributed by atoms with Crippen LogP contribution >= 0.6 is 0 Å². The summed E-state index contributed by atoms with van der Waals surface area (Å²) < 4.78 is 13.9. The third kappa shape index (κ3) is 4.13. The van der Waals surface area contributed by atoms with Gasteiger partial charge in [-0.2, -0.15) is 0 Å². The van der Waals surface area contributed by atoms with Gasteiger partial charge in [0.2, 0.25) is 0 Å². The molecule has 0 aromatic heterocycles. The van der Waals surface area contributed by atoms with Gasteiger partial charge >= 0.3 is 0 Å². The standard InChI is InChI=1S/C45H39BN2O2/c1-28-25-39-42-40(26-28)50-43-33(22-20-31-41(43)45(4,5)24-23-44(31,2)3)46(42)32-21-19-30(27-38(32)49-39)48-36-17-11-9-15-34(36)47(29-13-7-6-8-14-29)35-16-10-12-18-37(35)48/h6-22,25-27H,23-24H2,1-5H3. The molecule has 0 radical (unpaired) electrons. The Hall–Kier alpha value is -5.42. The maximum Gasteiger partial charge on any atom is 0.260 e. The lowest BCUT2D eigenvalue weighted by atomic mass is 9.34. The van der Waals surface area contributed by atoms with Crippen molar-refractivity contribution in [2.75, 3.05) is 9.80 Å². The highest BCUT2D eigenvalue weighted by Gasteiger charge is 2.46. The van der Waals surface area contributed by atoms with Crippen molar-refractivity contribution in [1.82, 2.24) is 0 Å². The summed E-state index contributed by atoms with van der Waals surface area (Å²) in [5.74, 6) is 3.74. The van der Waals surface area contributed by atoms with Gasteiger partial charge in [0, 0.05) is 28.5 Å². The second kappa shape index (κ2) is 10.3. The molecule has 0 spiro atoms. The highest BCUT2D eigenvalue weighted by molar-refractivity contribution is 6.98. The van der Waals surface area contributed by atoms with Gasteiger partial charge in [0.1, 0.15) is 23.0 Å². The summed E-state index contributed by atoms with van der Waals surface area (Å²) in [5.41, 5.74) is 14.3. The Kier molecular flexibility index (Phi) is 6.08. The molecule has 3 aliphatic heterocycles. The lowest BCUT2D eigenvalue weighted by Gasteiger charge is -2.45. The summed E-state index contributed by atoms with van der Waals surface area (Å²) >= 11 is 0. The Balaban J connectivity index is 1.16. The minimum Gasteiger partial charge on any atom is -0.458 e. The van der Waals surface area contributed by atoms with E-state index in [0.29, 0.717) is 0 Å². The average molecular weight is 651 g/mol. The van der Waals surface area contributed by atoms with Gasteiger partial charge in [0.25, 0.3) is 6.71 Å². The Labute approximate surface area is 295 Å². The van der Waals surface area contributed by atoms with Crippen LogP contribution in [0.3, 0.4) is 0 Å². The molecule has 0 atom stereocenters. The van der Waals surface area contributed by atoms with Crippen LogP contribution in [0.25, 0.3) is 0 Å². The van der Waals surface area contributed by atoms with Crippen LogP contribution in [0.5, 0.6) is 23.0 Å². The molecule has 0 amide bonds. The van der Waals surface area contributed by atoms with Crippen molar-refractivity contribution < 1.29 is 9.47 Å². The molecular weight excluding hydrogens is 611 g/mol. The van der Waals surface area contributed by atoms with Crippen molar-refractivity contribution in [2.45, 2.75) is 58.3 Å². The molecular formula is C45H39BN2O2. The zero-order valence-corrected chi connectivity index (χ0v) is 29.2. The van der Waals surface area contributed by atoms with Gasteiger partial charge in [-0.25, -0.2) is 0 Å². The first-order chi connectivity index (χ1) is 24.2. The number of ether oxygens (including phenoxy) is 2. The fourth-order valence-electron chi connectivity index (χ4n) is 9.02. The smallest absolute Gasteiger partial charge is 0.260 e. The van der Waals surface area contributed by atoms with E-state index >= 15 is 0 Å². The topological polar surface area (TPSA) is 24.9 Å². The minimum atomic E-state index is 0.0148. The molecule has 50 heavy (non-hydrogen) atoms. The van der Waals surface area contributed by atoms with Gasteiger partial charge < -0.3 is 19.3 Å². The van der Waals surface area contributed by atoms with E-state index in [-0.39, 0.29) is 17.5 Å². The molecule has 0 N–H and O–H groups in total. The molecule has 1 aliphatic carbocycles. The van der Waals surface area contributed by atoms with E-state index in [1.54, 1.807) is 0 Å². The summed E-state index contributed by atoms with van der Waals surface area (Å²) in [4.78, 5) is 4.74. The first-order valence-electron chi connectivity index (χ1n) is 17.9. The van der Waals surface area contributed by atoms with Gasteiger partial charge in [-0.15, -0.1) is 0 Å². The SMILES string of the molecule is Cc1cc2c3c(c1)Oc1c(ccc4c1C(C)(C)CCC4(C)C)B3c1ccc(N3c4ccccc4N(c4ccccc4)c4ccccc43)cc1O2. The Morgan fingerprint density at radius 3 is 1.76 bits per heavy atom. The van der Waals surface area contributed by atoms with Crippen LogP contribution in [0.1, 0.15) is 57.2 Å². The molecule has 0 unspecified atom stereocenters. The fraction of sp³-hybridized carbons (Fsp3) is 0.200. The average Bonchev–Trinajstić information content (AvgIpc) is 3.11. The van der Waals surface area contributed by atoms with Gasteiger partial charge in [-0.1, -0.05) is 88.4 Å². The minimum absolute atomic E-state index is 0.0148. The Morgan fingerprint density at radius 2 is 1.10 bits per heavy atom. The predicted octanol–water partition coefficient (Wildman–Crippen LogP) is 10.3. The van der Waals surface area contributed by atoms with Crippen LogP contribution < -0.4 is 35.7 Å². The predicted molar refractivity (Wildman–Crippen MR) is 207 cm³/mol. The molecule has 5 heteroatoms. The number of rotatable bonds is 2. The molecule has 4 aliphatic rings. The maximum atomic E-state index is 7.00. The van der Waals surface area contributed by atoms with Crippen LogP contribution in [0.4, 0.5) is 34.1 Å². The number of aryl methyl sites for hydroxylation is 1. The molecule has 0 saturated carbocycles. The van der Waals surface area contributed by atoms with Crippen molar-refractivity contribution in [3.05, 3.63) is 138 Å². The number of hydrogen-bond donors (Lipinski definition) is 0. The van der Waals surface area contributed by atoms with E-state index < -0.39 is 0 Å². The van der Waals surface area contributed by atoms with Crippen LogP contribution in [-0.4, -0.2) is 6.71 Å². The Bertz CT molecular complexity index is 2330. The molecule has 6 aromatic rings. The van der Waals surface area contributed by atoms with Crippen molar-refractivity contribution in [3.63, 3.8) is 0 Å². The largest absolute Gasteiger partial charge is 0.458 e. The summed E-state index contributed by atoms with van der Waals surface area (Å²) in [6.45, 7) is 11.7. The van der Waals surface area contributed by atoms with Gasteiger partial charge in [-0.05, 0) is 107 Å². The Morgan fingerprint density at radius 1 is 0.540 bits per heavy atom. The number of fused-ring (bicyclic) bond motifs is 8. The second-order valence-corrected chi connectivity index (χ2v) is 15.7. The molecule has 0 saturated heterocycles. The lowest BCUT2D eigenvalue weighted by molar-refractivity contribution is 0.320. The van der Waals surface area contributed by atoms with E-state index in [0.717, 1.165) is 74.6 Å². The highest BCUT2D eigenvalue weighted by atomic mass is 16.5. The summed E-state index contributed by atoms with van der Waals surface area (Å²) in [6, 6.07) is 43.9. The molecule has 6 aromatic carbocycles. The van der Waals surface area contributed by atoms with E-state index in [1.165, 1.54) is 28.5 Å². The second-order valence-electron chi connectivity index (χ2n) is 15.7. The number of benzene rings is 6. The van der Waals surface area contributed by atoms with E-state index in [1.807, 2.05) is 0 Å². The van der Waals surface area contributed by atoms with Crippen LogP contribution in [-0.2, 0) is 10.8 Å². The van der Waals surface area contributed by atoms with Gasteiger partial charge in [-0.3, -0.25) is 0 Å². The third-order valence-electron chi connectivity index (χ3n) is 11.6. The molecule has 3 heterocycles. The van der Waals surface area contributed by atoms with Crippen molar-refractivity contribution in [2.24, 2.45) is 0 Å². The normalized spacial score (nSPS) is 16.9. The summed E-state index contributed by atoms with van der Waals surface area (Å²) in [6.07, 6.45) is 2.30. The molecule has 0 bridgehead atoms. The maximum absolute atomic E-state index is 7.00. The summed E-state index contributed by atoms with van der Waals surface area (Å²) in [7, 11) is 0. The number of hydrogen-bond acceptors (Lipinski definition) is 4. The van der Waals surface area contributed by atoms with Crippen molar-refractivity contribution >= 4 is 57.2 Å². The van der Waals surface area contributed by atoms with Crippen LogP contribution in [0.2, 0.25) is 0 Å². The molecule has 4 nitrogen and oxygen atoms in total. The first-order valence-corrected chi connectivity index (χ1v) is 17.9. The van der Waals surface area contributed by atoms with Crippen LogP contribution in [0, 0.1) is 6.92 Å². The fourth-order valence-corrected chi connectivity index (χ4v) is 9.02. The quantitative estimate of drug-likeness (QED) is 0.174. The van der Waals surface area contributed by atoms with E-state index in [9.17, 15) is 0 Å². The van der Waals surface area contributed by atoms with Crippen molar-refractivity contribution in [1.29, 1.82) is 0 Å². The zero-order chi connectivity index (χ0) is 33.9. The number of para-hydroxylation sites is 5. The van der Waals surface area contributed by atoms with Crippen molar-refractivity contribution in [3.8, 4) is 23.0 Å².